The van der Waals surface area contributed by atoms with Crippen molar-refractivity contribution in [1.29, 1.82) is 0 Å². The Morgan fingerprint density at radius 1 is 0.800 bits per heavy atom. The molecule has 0 spiro atoms. The Balaban J connectivity index is 1.45. The summed E-state index contributed by atoms with van der Waals surface area (Å²) >= 11 is 0. The molecule has 1 fully saturated rings. The number of hydrogen-bond donors (Lipinski definition) is 0. The number of carbonyl (C=O) groups is 2. The van der Waals surface area contributed by atoms with E-state index in [0.717, 1.165) is 10.9 Å². The minimum Gasteiger partial charge on any atom is -0.493 e. The average molecular weight is 407 g/mol. The van der Waals surface area contributed by atoms with E-state index in [1.807, 2.05) is 46.8 Å². The van der Waals surface area contributed by atoms with Crippen molar-refractivity contribution in [3.05, 3.63) is 59.8 Å². The molecule has 0 saturated carbocycles. The summed E-state index contributed by atoms with van der Waals surface area (Å²) in [5.74, 6) is 1.02. The molecule has 0 bridgehead atoms. The Morgan fingerprint density at radius 3 is 2.07 bits per heavy atom. The number of para-hydroxylation sites is 1. The number of methoxy groups -OCH3 is 2. The second-order valence-corrected chi connectivity index (χ2v) is 7.30. The van der Waals surface area contributed by atoms with E-state index in [0.29, 0.717) is 48.9 Å². The number of rotatable bonds is 4. The van der Waals surface area contributed by atoms with Crippen molar-refractivity contribution in [1.82, 2.24) is 14.4 Å². The van der Waals surface area contributed by atoms with Gasteiger partial charge in [-0.1, -0.05) is 18.2 Å². The summed E-state index contributed by atoms with van der Waals surface area (Å²) in [6.45, 7) is 1.98. The molecule has 156 valence electrons. The Kier molecular flexibility index (Phi) is 5.35. The van der Waals surface area contributed by atoms with Gasteiger partial charge in [-0.05, 0) is 30.3 Å². The van der Waals surface area contributed by atoms with Gasteiger partial charge in [0.05, 0.1) is 14.2 Å². The van der Waals surface area contributed by atoms with E-state index < -0.39 is 0 Å². The van der Waals surface area contributed by atoms with Crippen LogP contribution in [0.25, 0.3) is 10.9 Å². The fourth-order valence-electron chi connectivity index (χ4n) is 3.92. The summed E-state index contributed by atoms with van der Waals surface area (Å²) in [4.78, 5) is 29.6. The van der Waals surface area contributed by atoms with Crippen molar-refractivity contribution >= 4 is 22.7 Å². The van der Waals surface area contributed by atoms with Gasteiger partial charge in [0.25, 0.3) is 11.8 Å². The first-order valence-electron chi connectivity index (χ1n) is 9.88. The van der Waals surface area contributed by atoms with Gasteiger partial charge in [-0.2, -0.15) is 0 Å². The van der Waals surface area contributed by atoms with E-state index >= 15 is 0 Å². The third kappa shape index (κ3) is 3.47. The molecule has 1 aliphatic rings. The van der Waals surface area contributed by atoms with Crippen molar-refractivity contribution in [3.8, 4) is 11.5 Å². The van der Waals surface area contributed by atoms with E-state index in [1.54, 1.807) is 37.3 Å². The topological polar surface area (TPSA) is 64.0 Å². The van der Waals surface area contributed by atoms with E-state index in [4.69, 9.17) is 9.47 Å². The van der Waals surface area contributed by atoms with Crippen LogP contribution < -0.4 is 9.47 Å². The van der Waals surface area contributed by atoms with Crippen molar-refractivity contribution in [2.75, 3.05) is 40.4 Å². The van der Waals surface area contributed by atoms with E-state index in [1.165, 1.54) is 0 Å². The van der Waals surface area contributed by atoms with Gasteiger partial charge in [0, 0.05) is 49.7 Å². The van der Waals surface area contributed by atoms with Crippen LogP contribution in [0.15, 0.2) is 48.5 Å². The predicted octanol–water partition coefficient (Wildman–Crippen LogP) is 2.79. The molecular formula is C23H25N3O4. The van der Waals surface area contributed by atoms with Gasteiger partial charge in [0.2, 0.25) is 0 Å². The average Bonchev–Trinajstić information content (AvgIpc) is 3.14. The highest BCUT2D eigenvalue weighted by molar-refractivity contribution is 5.99. The van der Waals surface area contributed by atoms with Crippen LogP contribution in [0.3, 0.4) is 0 Å². The number of ether oxygens (including phenoxy) is 2. The largest absolute Gasteiger partial charge is 0.493 e. The lowest BCUT2D eigenvalue weighted by molar-refractivity contribution is 0.0530. The molecule has 1 aromatic heterocycles. The lowest BCUT2D eigenvalue weighted by Crippen LogP contribution is -2.50. The number of aryl methyl sites for hydroxylation is 1. The Labute approximate surface area is 175 Å². The van der Waals surface area contributed by atoms with Crippen molar-refractivity contribution in [2.45, 2.75) is 0 Å². The summed E-state index contributed by atoms with van der Waals surface area (Å²) in [6.07, 6.45) is 0. The van der Waals surface area contributed by atoms with Crippen LogP contribution in [-0.2, 0) is 7.05 Å². The molecule has 2 aromatic carbocycles. The zero-order valence-corrected chi connectivity index (χ0v) is 17.4. The predicted molar refractivity (Wildman–Crippen MR) is 114 cm³/mol. The number of nitrogens with zero attached hydrogens (tertiary/aromatic N) is 3. The van der Waals surface area contributed by atoms with Gasteiger partial charge in [0.1, 0.15) is 5.69 Å². The summed E-state index contributed by atoms with van der Waals surface area (Å²) in [7, 11) is 5.02. The maximum atomic E-state index is 13.1. The molecule has 4 rings (SSSR count). The lowest BCUT2D eigenvalue weighted by Gasteiger charge is -2.35. The van der Waals surface area contributed by atoms with Crippen LogP contribution in [0.1, 0.15) is 20.8 Å². The number of carbonyl (C=O) groups excluding carboxylic acids is 2. The molecule has 7 nitrogen and oxygen atoms in total. The molecule has 0 unspecified atom stereocenters. The highest BCUT2D eigenvalue weighted by atomic mass is 16.5. The molecule has 30 heavy (non-hydrogen) atoms. The SMILES string of the molecule is COc1ccc(C(=O)N2CCN(C(=O)c3cc4ccccc4n3C)CC2)cc1OC. The summed E-state index contributed by atoms with van der Waals surface area (Å²) in [5, 5.41) is 1.05. The molecule has 0 radical (unpaired) electrons. The van der Waals surface area contributed by atoms with E-state index in [2.05, 4.69) is 0 Å². The molecule has 0 N–H and O–H groups in total. The van der Waals surface area contributed by atoms with Crippen molar-refractivity contribution in [2.24, 2.45) is 7.05 Å². The number of benzene rings is 2. The molecule has 1 saturated heterocycles. The number of hydrogen-bond acceptors (Lipinski definition) is 4. The smallest absolute Gasteiger partial charge is 0.270 e. The fourth-order valence-corrected chi connectivity index (χ4v) is 3.92. The van der Waals surface area contributed by atoms with Gasteiger partial charge in [-0.25, -0.2) is 0 Å². The Morgan fingerprint density at radius 2 is 1.43 bits per heavy atom. The monoisotopic (exact) mass is 407 g/mol. The quantitative estimate of drug-likeness (QED) is 0.667. The molecular weight excluding hydrogens is 382 g/mol. The molecule has 0 atom stereocenters. The van der Waals surface area contributed by atoms with Gasteiger partial charge in [-0.3, -0.25) is 9.59 Å². The normalized spacial score (nSPS) is 14.1. The minimum absolute atomic E-state index is 0.00749. The molecule has 7 heteroatoms. The second kappa shape index (κ2) is 8.10. The maximum absolute atomic E-state index is 13.1. The van der Waals surface area contributed by atoms with Crippen LogP contribution in [0.2, 0.25) is 0 Å². The van der Waals surface area contributed by atoms with Crippen LogP contribution in [0.5, 0.6) is 11.5 Å². The highest BCUT2D eigenvalue weighted by Gasteiger charge is 2.27. The first-order chi connectivity index (χ1) is 14.5. The molecule has 3 aromatic rings. The molecule has 2 heterocycles. The van der Waals surface area contributed by atoms with E-state index in [-0.39, 0.29) is 11.8 Å². The lowest BCUT2D eigenvalue weighted by atomic mass is 10.1. The minimum atomic E-state index is -0.0762. The van der Waals surface area contributed by atoms with Crippen molar-refractivity contribution < 1.29 is 19.1 Å². The Hall–Kier alpha value is -3.48. The zero-order chi connectivity index (χ0) is 21.3. The first-order valence-corrected chi connectivity index (χ1v) is 9.88. The van der Waals surface area contributed by atoms with Crippen molar-refractivity contribution in [3.63, 3.8) is 0 Å². The summed E-state index contributed by atoms with van der Waals surface area (Å²) in [5.41, 5.74) is 2.24. The Bertz CT molecular complexity index is 1100. The third-order valence-electron chi connectivity index (χ3n) is 5.66. The van der Waals surface area contributed by atoms with Gasteiger partial charge in [-0.15, -0.1) is 0 Å². The third-order valence-corrected chi connectivity index (χ3v) is 5.66. The van der Waals surface area contributed by atoms with Gasteiger partial charge >= 0.3 is 0 Å². The zero-order valence-electron chi connectivity index (χ0n) is 17.4. The molecule has 0 aliphatic carbocycles. The maximum Gasteiger partial charge on any atom is 0.270 e. The second-order valence-electron chi connectivity index (χ2n) is 7.30. The molecule has 2 amide bonds. The van der Waals surface area contributed by atoms with Crippen LogP contribution in [0.4, 0.5) is 0 Å². The fraction of sp³-hybridized carbons (Fsp3) is 0.304. The standard InChI is InChI=1S/C23H25N3O4/c1-24-18-7-5-4-6-16(18)14-19(24)23(28)26-12-10-25(11-13-26)22(27)17-8-9-20(29-2)21(15-17)30-3/h4-9,14-15H,10-13H2,1-3H3. The number of piperazine rings is 1. The number of aromatic nitrogens is 1. The number of fused-ring (bicyclic) bond motifs is 1. The van der Waals surface area contributed by atoms with Gasteiger partial charge < -0.3 is 23.8 Å². The van der Waals surface area contributed by atoms with E-state index in [9.17, 15) is 9.59 Å². The first kappa shape index (κ1) is 19.8. The summed E-state index contributed by atoms with van der Waals surface area (Å²) < 4.78 is 12.5. The summed E-state index contributed by atoms with van der Waals surface area (Å²) in [6, 6.07) is 15.0. The van der Waals surface area contributed by atoms with Crippen LogP contribution in [0, 0.1) is 0 Å². The molecule has 1 aliphatic heterocycles. The van der Waals surface area contributed by atoms with Crippen LogP contribution >= 0.6 is 0 Å². The highest BCUT2D eigenvalue weighted by Crippen LogP contribution is 2.28. The number of amides is 2. The van der Waals surface area contributed by atoms with Crippen LogP contribution in [-0.4, -0.2) is 66.6 Å². The van der Waals surface area contributed by atoms with Gasteiger partial charge in [0.15, 0.2) is 11.5 Å².